The number of carbonyl (C=O) groups excluding carboxylic acids is 1. The van der Waals surface area contributed by atoms with Gasteiger partial charge in [0, 0.05) is 24.9 Å². The number of ether oxygens (including phenoxy) is 1. The van der Waals surface area contributed by atoms with E-state index in [9.17, 15) is 13.2 Å². The molecule has 1 aliphatic heterocycles. The molecular weight excluding hydrogens is 390 g/mol. The van der Waals surface area contributed by atoms with Gasteiger partial charge in [0.25, 0.3) is 5.91 Å². The Kier molecular flexibility index (Phi) is 7.45. The summed E-state index contributed by atoms with van der Waals surface area (Å²) in [6.07, 6.45) is 7.38. The van der Waals surface area contributed by atoms with E-state index in [1.165, 1.54) is 37.5 Å². The molecule has 0 bridgehead atoms. The van der Waals surface area contributed by atoms with Gasteiger partial charge >= 0.3 is 0 Å². The van der Waals surface area contributed by atoms with Gasteiger partial charge < -0.3 is 15.0 Å². The lowest BCUT2D eigenvalue weighted by Crippen LogP contribution is -3.23. The summed E-state index contributed by atoms with van der Waals surface area (Å²) in [5, 5.41) is 3.12. The number of hydrogen-bond acceptors (Lipinski definition) is 4. The van der Waals surface area contributed by atoms with Crippen LogP contribution in [0.2, 0.25) is 0 Å². The number of rotatable bonds is 8. The zero-order valence-corrected chi connectivity index (χ0v) is 17.7. The average molecular weight is 423 g/mol. The van der Waals surface area contributed by atoms with Crippen LogP contribution >= 0.6 is 0 Å². The maximum absolute atomic E-state index is 12.7. The van der Waals surface area contributed by atoms with Crippen molar-refractivity contribution in [2.45, 2.75) is 42.5 Å². The third-order valence-corrected chi connectivity index (χ3v) is 7.53. The largest absolute Gasteiger partial charge is 0.370 e. The summed E-state index contributed by atoms with van der Waals surface area (Å²) in [7, 11) is -3.59. The lowest BCUT2D eigenvalue weighted by molar-refractivity contribution is -0.960. The summed E-state index contributed by atoms with van der Waals surface area (Å²) in [6.45, 7) is 7.84. The van der Waals surface area contributed by atoms with Crippen LogP contribution in [0.5, 0.6) is 0 Å². The van der Waals surface area contributed by atoms with Crippen molar-refractivity contribution in [1.82, 2.24) is 10.0 Å². The lowest BCUT2D eigenvalue weighted by atomic mass is 9.79. The van der Waals surface area contributed by atoms with Crippen molar-refractivity contribution in [3.05, 3.63) is 42.5 Å². The van der Waals surface area contributed by atoms with Crippen molar-refractivity contribution in [3.8, 4) is 0 Å². The van der Waals surface area contributed by atoms with E-state index in [1.54, 1.807) is 17.0 Å². The SMILES string of the molecule is C=CCNS(=O)(=O)c1ccc(C(=O)NCC2([NH+]3CCOCC3)CCCCC2)cc1. The van der Waals surface area contributed by atoms with E-state index in [0.29, 0.717) is 12.1 Å². The third-order valence-electron chi connectivity index (χ3n) is 6.09. The van der Waals surface area contributed by atoms with Crippen molar-refractivity contribution in [3.63, 3.8) is 0 Å². The van der Waals surface area contributed by atoms with Crippen LogP contribution in [-0.4, -0.2) is 59.3 Å². The second-order valence-corrected chi connectivity index (χ2v) is 9.67. The Bertz CT molecular complexity index is 796. The van der Waals surface area contributed by atoms with Gasteiger partial charge in [0.15, 0.2) is 0 Å². The van der Waals surface area contributed by atoms with E-state index in [-0.39, 0.29) is 22.9 Å². The van der Waals surface area contributed by atoms with Gasteiger partial charge in [-0.15, -0.1) is 6.58 Å². The summed E-state index contributed by atoms with van der Waals surface area (Å²) in [6, 6.07) is 6.05. The van der Waals surface area contributed by atoms with Gasteiger partial charge in [-0.25, -0.2) is 13.1 Å². The molecule has 0 spiro atoms. The molecule has 0 unspecified atom stereocenters. The van der Waals surface area contributed by atoms with Crippen molar-refractivity contribution >= 4 is 15.9 Å². The Labute approximate surface area is 173 Å². The second kappa shape index (κ2) is 9.84. The van der Waals surface area contributed by atoms with E-state index in [0.717, 1.165) is 39.1 Å². The Hall–Kier alpha value is -1.74. The maximum atomic E-state index is 12.7. The fourth-order valence-corrected chi connectivity index (χ4v) is 5.42. The lowest BCUT2D eigenvalue weighted by Gasteiger charge is -2.45. The fraction of sp³-hybridized carbons (Fsp3) is 0.571. The number of nitrogens with one attached hydrogen (secondary N) is 3. The monoisotopic (exact) mass is 422 g/mol. The molecule has 1 aromatic carbocycles. The minimum atomic E-state index is -3.59. The molecule has 3 rings (SSSR count). The van der Waals surface area contributed by atoms with Crippen molar-refractivity contribution in [1.29, 1.82) is 0 Å². The van der Waals surface area contributed by atoms with Crippen LogP contribution in [0.1, 0.15) is 42.5 Å². The van der Waals surface area contributed by atoms with Crippen molar-refractivity contribution < 1.29 is 22.8 Å². The maximum Gasteiger partial charge on any atom is 0.251 e. The van der Waals surface area contributed by atoms with Gasteiger partial charge in [-0.05, 0) is 37.1 Å². The van der Waals surface area contributed by atoms with Gasteiger partial charge in [0.1, 0.15) is 18.6 Å². The van der Waals surface area contributed by atoms with Gasteiger partial charge in [0.2, 0.25) is 10.0 Å². The minimum absolute atomic E-state index is 0.0789. The normalized spacial score (nSPS) is 20.1. The van der Waals surface area contributed by atoms with Gasteiger partial charge in [0.05, 0.1) is 24.7 Å². The third kappa shape index (κ3) is 5.45. The van der Waals surface area contributed by atoms with E-state index < -0.39 is 10.0 Å². The summed E-state index contributed by atoms with van der Waals surface area (Å²) >= 11 is 0. The molecule has 0 aromatic heterocycles. The number of sulfonamides is 1. The van der Waals surface area contributed by atoms with Gasteiger partial charge in [-0.3, -0.25) is 4.79 Å². The standard InChI is InChI=1S/C21H31N3O4S/c1-2-12-23-29(26,27)19-8-6-18(7-9-19)20(25)22-17-21(10-4-3-5-11-21)24-13-15-28-16-14-24/h2,6-9,23H,1,3-5,10-17H2,(H,22,25)/p+1. The van der Waals surface area contributed by atoms with Gasteiger partial charge in [-0.1, -0.05) is 12.5 Å². The summed E-state index contributed by atoms with van der Waals surface area (Å²) in [5.74, 6) is -0.161. The number of morpholine rings is 1. The first kappa shape index (κ1) is 22.0. The van der Waals surface area contributed by atoms with Crippen LogP contribution in [0.4, 0.5) is 0 Å². The molecule has 1 aliphatic carbocycles. The Morgan fingerprint density at radius 1 is 1.14 bits per heavy atom. The summed E-state index contributed by atoms with van der Waals surface area (Å²) < 4.78 is 32.2. The molecule has 29 heavy (non-hydrogen) atoms. The Morgan fingerprint density at radius 2 is 1.79 bits per heavy atom. The Balaban J connectivity index is 1.65. The topological polar surface area (TPSA) is 88.9 Å². The number of benzene rings is 1. The number of hydrogen-bond donors (Lipinski definition) is 3. The van der Waals surface area contributed by atoms with Crippen molar-refractivity contribution in [2.24, 2.45) is 0 Å². The van der Waals surface area contributed by atoms with Crippen LogP contribution in [0.3, 0.4) is 0 Å². The van der Waals surface area contributed by atoms with E-state index in [2.05, 4.69) is 16.6 Å². The number of carbonyl (C=O) groups is 1. The van der Waals surface area contributed by atoms with E-state index in [1.807, 2.05) is 0 Å². The smallest absolute Gasteiger partial charge is 0.251 e. The molecule has 0 atom stereocenters. The molecule has 2 aliphatic rings. The Morgan fingerprint density at radius 3 is 2.41 bits per heavy atom. The molecule has 0 radical (unpaired) electrons. The molecule has 1 heterocycles. The molecule has 160 valence electrons. The fourth-order valence-electron chi connectivity index (χ4n) is 4.42. The molecule has 1 saturated carbocycles. The molecule has 1 aromatic rings. The molecule has 3 N–H and O–H groups in total. The molecule has 8 heteroatoms. The van der Waals surface area contributed by atoms with Crippen LogP contribution in [0.15, 0.2) is 41.8 Å². The highest BCUT2D eigenvalue weighted by Gasteiger charge is 2.42. The van der Waals surface area contributed by atoms with Gasteiger partial charge in [-0.2, -0.15) is 0 Å². The number of quaternary nitrogens is 1. The zero-order valence-electron chi connectivity index (χ0n) is 16.9. The van der Waals surface area contributed by atoms with E-state index in [4.69, 9.17) is 4.74 Å². The van der Waals surface area contributed by atoms with E-state index >= 15 is 0 Å². The predicted octanol–water partition coefficient (Wildman–Crippen LogP) is 0.499. The summed E-state index contributed by atoms with van der Waals surface area (Å²) in [4.78, 5) is 14.4. The first-order chi connectivity index (χ1) is 14.0. The first-order valence-corrected chi connectivity index (χ1v) is 11.9. The minimum Gasteiger partial charge on any atom is -0.370 e. The average Bonchev–Trinajstić information content (AvgIpc) is 2.77. The van der Waals surface area contributed by atoms with Crippen LogP contribution < -0.4 is 14.9 Å². The first-order valence-electron chi connectivity index (χ1n) is 10.4. The number of amides is 1. The molecule has 7 nitrogen and oxygen atoms in total. The molecular formula is C21H32N3O4S+. The highest BCUT2D eigenvalue weighted by atomic mass is 32.2. The quantitative estimate of drug-likeness (QED) is 0.533. The predicted molar refractivity (Wildman–Crippen MR) is 111 cm³/mol. The summed E-state index contributed by atoms with van der Waals surface area (Å²) in [5.41, 5.74) is 0.547. The van der Waals surface area contributed by atoms with Crippen LogP contribution in [-0.2, 0) is 14.8 Å². The highest BCUT2D eigenvalue weighted by Crippen LogP contribution is 2.25. The second-order valence-electron chi connectivity index (χ2n) is 7.90. The highest BCUT2D eigenvalue weighted by molar-refractivity contribution is 7.89. The van der Waals surface area contributed by atoms with Crippen molar-refractivity contribution in [2.75, 3.05) is 39.4 Å². The molecule has 1 amide bonds. The molecule has 2 fully saturated rings. The zero-order chi connectivity index (χ0) is 20.7. The molecule has 1 saturated heterocycles. The van der Waals surface area contributed by atoms with Crippen LogP contribution in [0, 0.1) is 0 Å². The van der Waals surface area contributed by atoms with Crippen LogP contribution in [0.25, 0.3) is 0 Å².